The van der Waals surface area contributed by atoms with Crippen molar-refractivity contribution in [3.05, 3.63) is 47.8 Å². The third-order valence-corrected chi connectivity index (χ3v) is 5.37. The molecule has 3 atom stereocenters. The molecule has 0 heterocycles. The summed E-state index contributed by atoms with van der Waals surface area (Å²) >= 11 is 0. The Morgan fingerprint density at radius 3 is 2.00 bits per heavy atom. The number of hydrogen-bond acceptors (Lipinski definition) is 4. The first kappa shape index (κ1) is 29.3. The summed E-state index contributed by atoms with van der Waals surface area (Å²) < 4.78 is 84.2. The normalized spacial score (nSPS) is 16.4. The molecule has 0 saturated carbocycles. The van der Waals surface area contributed by atoms with Crippen molar-refractivity contribution in [2.45, 2.75) is 76.3 Å². The van der Waals surface area contributed by atoms with Crippen LogP contribution in [0, 0.1) is 11.7 Å². The number of rotatable bonds is 13. The van der Waals surface area contributed by atoms with Crippen molar-refractivity contribution in [3.63, 3.8) is 0 Å². The molecule has 36 heavy (non-hydrogen) atoms. The van der Waals surface area contributed by atoms with Crippen molar-refractivity contribution >= 4 is 17.6 Å². The zero-order valence-corrected chi connectivity index (χ0v) is 20.0. The van der Waals surface area contributed by atoms with Gasteiger partial charge in [0.15, 0.2) is 0 Å². The summed E-state index contributed by atoms with van der Waals surface area (Å²) in [6, 6.07) is -3.30. The Hall–Kier alpha value is -2.89. The zero-order chi connectivity index (χ0) is 27.3. The quantitative estimate of drug-likeness (QED) is 0.208. The van der Waals surface area contributed by atoms with Gasteiger partial charge in [0.1, 0.15) is 11.9 Å². The molecule has 0 saturated heterocycles. The highest BCUT2D eigenvalue weighted by atomic mass is 19.4. The summed E-state index contributed by atoms with van der Waals surface area (Å²) in [6.45, 7) is 4.43. The molecule has 2 amide bonds. The summed E-state index contributed by atoms with van der Waals surface area (Å²) in [7, 11) is 0. The fraction of sp³-hybridized carbons (Fsp3) is 0.542. The van der Waals surface area contributed by atoms with E-state index in [0.717, 1.165) is 24.3 Å². The van der Waals surface area contributed by atoms with E-state index in [1.807, 2.05) is 5.32 Å². The maximum absolute atomic E-state index is 14.7. The van der Waals surface area contributed by atoms with E-state index in [9.17, 15) is 40.7 Å². The van der Waals surface area contributed by atoms with Gasteiger partial charge in [-0.3, -0.25) is 19.7 Å². The fourth-order valence-electron chi connectivity index (χ4n) is 3.60. The number of alkyl halides is 5. The van der Waals surface area contributed by atoms with Gasteiger partial charge in [0, 0.05) is 12.8 Å². The number of nitrogens with one attached hydrogen (secondary N) is 3. The van der Waals surface area contributed by atoms with Crippen LogP contribution in [0.25, 0.3) is 0 Å². The van der Waals surface area contributed by atoms with Gasteiger partial charge in [-0.25, -0.2) is 13.2 Å². The largest absolute Gasteiger partial charge is 0.407 e. The Morgan fingerprint density at radius 1 is 0.944 bits per heavy atom. The summed E-state index contributed by atoms with van der Waals surface area (Å²) in [5.74, 6) is -8.23. The number of halogens is 6. The zero-order valence-electron chi connectivity index (χ0n) is 20.0. The second kappa shape index (κ2) is 11.9. The lowest BCUT2D eigenvalue weighted by molar-refractivity contribution is -0.163. The lowest BCUT2D eigenvalue weighted by atomic mass is 9.96. The minimum absolute atomic E-state index is 0.105. The molecule has 200 valence electrons. The minimum Gasteiger partial charge on any atom is -0.344 e. The highest BCUT2D eigenvalue weighted by molar-refractivity contribution is 6.38. The van der Waals surface area contributed by atoms with Crippen molar-refractivity contribution < 1.29 is 40.7 Å². The Balaban J connectivity index is 2.30. The predicted octanol–water partition coefficient (Wildman–Crippen LogP) is 3.98. The predicted molar refractivity (Wildman–Crippen MR) is 119 cm³/mol. The van der Waals surface area contributed by atoms with Gasteiger partial charge < -0.3 is 10.6 Å². The van der Waals surface area contributed by atoms with E-state index in [2.05, 4.69) is 10.6 Å². The first-order chi connectivity index (χ1) is 16.6. The van der Waals surface area contributed by atoms with Gasteiger partial charge in [0.05, 0.1) is 18.1 Å². The Morgan fingerprint density at radius 2 is 1.53 bits per heavy atom. The maximum Gasteiger partial charge on any atom is 0.407 e. The lowest BCUT2D eigenvalue weighted by Crippen LogP contribution is -2.55. The van der Waals surface area contributed by atoms with E-state index in [4.69, 9.17) is 0 Å². The van der Waals surface area contributed by atoms with Crippen LogP contribution >= 0.6 is 0 Å². The van der Waals surface area contributed by atoms with Gasteiger partial charge >= 0.3 is 6.18 Å². The molecule has 1 aromatic carbocycles. The first-order valence-electron chi connectivity index (χ1n) is 11.4. The fourth-order valence-corrected chi connectivity index (χ4v) is 3.60. The van der Waals surface area contributed by atoms with E-state index in [-0.39, 0.29) is 6.42 Å². The Labute approximate surface area is 204 Å². The van der Waals surface area contributed by atoms with Crippen molar-refractivity contribution in [2.24, 2.45) is 5.92 Å². The Bertz CT molecular complexity index is 957. The summed E-state index contributed by atoms with van der Waals surface area (Å²) in [5, 5.41) is 6.42. The van der Waals surface area contributed by atoms with E-state index in [1.165, 1.54) is 20.8 Å². The highest BCUT2D eigenvalue weighted by Crippen LogP contribution is 2.35. The topological polar surface area (TPSA) is 87.3 Å². The van der Waals surface area contributed by atoms with Gasteiger partial charge in [-0.1, -0.05) is 45.1 Å². The van der Waals surface area contributed by atoms with Gasteiger partial charge in [0.25, 0.3) is 5.91 Å². The summed E-state index contributed by atoms with van der Waals surface area (Å²) in [5.41, 5.74) is -0.492. The van der Waals surface area contributed by atoms with Gasteiger partial charge in [0.2, 0.25) is 17.6 Å². The molecule has 0 unspecified atom stereocenters. The van der Waals surface area contributed by atoms with E-state index in [1.54, 1.807) is 12.2 Å². The number of ketones is 1. The average molecular weight is 522 g/mol. The third kappa shape index (κ3) is 8.96. The van der Waals surface area contributed by atoms with E-state index >= 15 is 0 Å². The van der Waals surface area contributed by atoms with Gasteiger partial charge in [-0.15, -0.1) is 0 Å². The molecule has 0 bridgehead atoms. The van der Waals surface area contributed by atoms with Crippen LogP contribution in [0.2, 0.25) is 0 Å². The van der Waals surface area contributed by atoms with E-state index in [0.29, 0.717) is 0 Å². The van der Waals surface area contributed by atoms with Crippen LogP contribution in [-0.4, -0.2) is 47.8 Å². The number of hydrogen-bond donors (Lipinski definition) is 3. The van der Waals surface area contributed by atoms with Crippen LogP contribution in [0.1, 0.15) is 51.6 Å². The van der Waals surface area contributed by atoms with Crippen LogP contribution in [0.3, 0.4) is 0 Å². The van der Waals surface area contributed by atoms with Crippen molar-refractivity contribution in [1.82, 2.24) is 16.0 Å². The molecule has 12 heteroatoms. The van der Waals surface area contributed by atoms with Gasteiger partial charge in [-0.2, -0.15) is 13.2 Å². The van der Waals surface area contributed by atoms with Crippen LogP contribution in [0.15, 0.2) is 36.4 Å². The number of amides is 2. The SMILES string of the molecule is CC[C@H](NC(=O)[C@H](CC(F)(F)CC(C)C)N[C@@H](c1ccc(F)cc1)C(F)(F)F)C(=O)C(=O)NC1C=C1. The number of Topliss-reactive ketones (excluding diaryl/α,β-unsaturated/α-hetero) is 1. The van der Waals surface area contributed by atoms with Crippen molar-refractivity contribution in [3.8, 4) is 0 Å². The second-order valence-electron chi connectivity index (χ2n) is 9.12. The summed E-state index contributed by atoms with van der Waals surface area (Å²) in [4.78, 5) is 37.4. The van der Waals surface area contributed by atoms with Crippen LogP contribution in [0.4, 0.5) is 26.3 Å². The monoisotopic (exact) mass is 521 g/mol. The second-order valence-corrected chi connectivity index (χ2v) is 9.12. The molecule has 1 aliphatic carbocycles. The number of benzene rings is 1. The molecule has 0 aliphatic heterocycles. The summed E-state index contributed by atoms with van der Waals surface area (Å²) in [6.07, 6.45) is -3.94. The standard InChI is InChI=1S/C24H29F6N3O3/c1-4-17(19(34)22(36)31-16-9-10-16)33-21(35)18(12-23(26,27)11-13(2)3)32-20(24(28,29)30)14-5-7-15(25)8-6-14/h5-10,13,16-18,20,32H,4,11-12H2,1-3H3,(H,31,36)(H,33,35)/t17-,18-,20-/m0/s1. The third-order valence-electron chi connectivity index (χ3n) is 5.37. The molecule has 0 aromatic heterocycles. The molecule has 6 nitrogen and oxygen atoms in total. The molecular weight excluding hydrogens is 492 g/mol. The van der Waals surface area contributed by atoms with Crippen LogP contribution in [-0.2, 0) is 14.4 Å². The van der Waals surface area contributed by atoms with Crippen LogP contribution < -0.4 is 16.0 Å². The van der Waals surface area contributed by atoms with Crippen molar-refractivity contribution in [1.29, 1.82) is 0 Å². The average Bonchev–Trinajstić information content (AvgIpc) is 3.57. The van der Waals surface area contributed by atoms with Gasteiger partial charge in [-0.05, 0) is 30.0 Å². The van der Waals surface area contributed by atoms with Crippen molar-refractivity contribution in [2.75, 3.05) is 0 Å². The molecular formula is C24H29F6N3O3. The first-order valence-corrected chi connectivity index (χ1v) is 11.4. The number of carbonyl (C=O) groups excluding carboxylic acids is 3. The number of carbonyl (C=O) groups is 3. The van der Waals surface area contributed by atoms with Crippen LogP contribution in [0.5, 0.6) is 0 Å². The molecule has 1 aliphatic rings. The molecule has 2 rings (SSSR count). The lowest BCUT2D eigenvalue weighted by Gasteiger charge is -2.31. The van der Waals surface area contributed by atoms with E-state index < -0.39 is 84.0 Å². The molecule has 3 N–H and O–H groups in total. The Kier molecular flexibility index (Phi) is 9.70. The maximum atomic E-state index is 14.7. The molecule has 0 radical (unpaired) electrons. The minimum atomic E-state index is -5.03. The molecule has 0 spiro atoms. The molecule has 1 aromatic rings. The molecule has 0 fully saturated rings. The smallest absolute Gasteiger partial charge is 0.344 e. The highest BCUT2D eigenvalue weighted by Gasteiger charge is 2.45.